The minimum absolute atomic E-state index is 0.126. The number of nitrogens with zero attached hydrogens (tertiary/aromatic N) is 2. The molecule has 4 heteroatoms. The SMILES string of the molecule is CCCCC1CCCC1NC(=O)Cn1c(CC)nc2ccccc21. The molecule has 24 heavy (non-hydrogen) atoms. The molecule has 1 aliphatic carbocycles. The minimum atomic E-state index is 0.126. The molecule has 0 saturated heterocycles. The van der Waals surface area contributed by atoms with Gasteiger partial charge in [0.1, 0.15) is 12.4 Å². The van der Waals surface area contributed by atoms with Crippen LogP contribution in [0.3, 0.4) is 0 Å². The predicted octanol–water partition coefficient (Wildman–Crippen LogP) is 4.07. The molecular formula is C20H29N3O. The van der Waals surface area contributed by atoms with Gasteiger partial charge in [-0.3, -0.25) is 4.79 Å². The molecule has 1 fully saturated rings. The number of nitrogens with one attached hydrogen (secondary N) is 1. The average Bonchev–Trinajstić information content (AvgIpc) is 3.17. The first kappa shape index (κ1) is 17.0. The Morgan fingerprint density at radius 2 is 2.12 bits per heavy atom. The zero-order chi connectivity index (χ0) is 16.9. The Kier molecular flexibility index (Phi) is 5.54. The zero-order valence-corrected chi connectivity index (χ0v) is 14.9. The van der Waals surface area contributed by atoms with Gasteiger partial charge >= 0.3 is 0 Å². The van der Waals surface area contributed by atoms with Crippen molar-refractivity contribution >= 4 is 16.9 Å². The lowest BCUT2D eigenvalue weighted by Gasteiger charge is -2.21. The molecule has 4 nitrogen and oxygen atoms in total. The maximum Gasteiger partial charge on any atom is 0.240 e. The van der Waals surface area contributed by atoms with Crippen LogP contribution in [0.2, 0.25) is 0 Å². The number of imidazole rings is 1. The largest absolute Gasteiger partial charge is 0.352 e. The van der Waals surface area contributed by atoms with Crippen LogP contribution in [0.15, 0.2) is 24.3 Å². The predicted molar refractivity (Wildman–Crippen MR) is 97.9 cm³/mol. The number of carbonyl (C=O) groups is 1. The molecular weight excluding hydrogens is 298 g/mol. The van der Waals surface area contributed by atoms with Crippen LogP contribution >= 0.6 is 0 Å². The Morgan fingerprint density at radius 3 is 2.92 bits per heavy atom. The molecule has 130 valence electrons. The van der Waals surface area contributed by atoms with Crippen molar-refractivity contribution in [3.63, 3.8) is 0 Å². The molecule has 1 amide bonds. The Bertz CT molecular complexity index is 691. The highest BCUT2D eigenvalue weighted by Gasteiger charge is 2.28. The highest BCUT2D eigenvalue weighted by atomic mass is 16.2. The van der Waals surface area contributed by atoms with Crippen molar-refractivity contribution in [1.82, 2.24) is 14.9 Å². The van der Waals surface area contributed by atoms with E-state index in [0.717, 1.165) is 29.7 Å². The summed E-state index contributed by atoms with van der Waals surface area (Å²) in [5, 5.41) is 3.30. The summed E-state index contributed by atoms with van der Waals surface area (Å²) in [5.41, 5.74) is 2.03. The Morgan fingerprint density at radius 1 is 1.29 bits per heavy atom. The van der Waals surface area contributed by atoms with Crippen LogP contribution in [0, 0.1) is 5.92 Å². The maximum atomic E-state index is 12.6. The summed E-state index contributed by atoms with van der Waals surface area (Å²) in [4.78, 5) is 17.3. The highest BCUT2D eigenvalue weighted by molar-refractivity contribution is 5.81. The number of amides is 1. The van der Waals surface area contributed by atoms with E-state index in [0.29, 0.717) is 18.5 Å². The number of aromatic nitrogens is 2. The molecule has 1 saturated carbocycles. The van der Waals surface area contributed by atoms with Crippen molar-refractivity contribution < 1.29 is 4.79 Å². The van der Waals surface area contributed by atoms with Gasteiger partial charge in [-0.25, -0.2) is 4.98 Å². The number of benzene rings is 1. The van der Waals surface area contributed by atoms with Gasteiger partial charge in [0.15, 0.2) is 0 Å². The van der Waals surface area contributed by atoms with Gasteiger partial charge in [-0.05, 0) is 37.3 Å². The summed E-state index contributed by atoms with van der Waals surface area (Å²) in [6, 6.07) is 8.43. The van der Waals surface area contributed by atoms with E-state index in [4.69, 9.17) is 0 Å². The molecule has 0 spiro atoms. The molecule has 1 heterocycles. The van der Waals surface area contributed by atoms with E-state index in [9.17, 15) is 4.79 Å². The molecule has 0 aliphatic heterocycles. The lowest BCUT2D eigenvalue weighted by Crippen LogP contribution is -2.39. The fourth-order valence-corrected chi connectivity index (χ4v) is 4.01. The molecule has 3 rings (SSSR count). The van der Waals surface area contributed by atoms with E-state index in [-0.39, 0.29) is 5.91 Å². The standard InChI is InChI=1S/C20H29N3O/c1-3-5-9-15-10-8-12-16(15)22-20(24)14-23-18-13-7-6-11-17(18)21-19(23)4-2/h6-7,11,13,15-16H,3-5,8-10,12,14H2,1-2H3,(H,22,24). The second-order valence-corrected chi connectivity index (χ2v) is 6.96. The molecule has 2 unspecified atom stereocenters. The van der Waals surface area contributed by atoms with Crippen molar-refractivity contribution in [3.05, 3.63) is 30.1 Å². The lowest BCUT2D eigenvalue weighted by atomic mass is 9.97. The van der Waals surface area contributed by atoms with E-state index >= 15 is 0 Å². The van der Waals surface area contributed by atoms with E-state index in [1.165, 1.54) is 32.1 Å². The summed E-state index contributed by atoms with van der Waals surface area (Å²) in [5.74, 6) is 1.78. The van der Waals surface area contributed by atoms with Crippen LogP contribution in [0.25, 0.3) is 11.0 Å². The molecule has 2 aromatic rings. The van der Waals surface area contributed by atoms with Crippen LogP contribution in [0.4, 0.5) is 0 Å². The fraction of sp³-hybridized carbons (Fsp3) is 0.600. The number of aryl methyl sites for hydroxylation is 1. The van der Waals surface area contributed by atoms with Gasteiger partial charge in [0.25, 0.3) is 0 Å². The number of hydrogen-bond donors (Lipinski definition) is 1. The van der Waals surface area contributed by atoms with Crippen LogP contribution in [0.5, 0.6) is 0 Å². The van der Waals surface area contributed by atoms with Crippen LogP contribution in [-0.4, -0.2) is 21.5 Å². The molecule has 1 aromatic carbocycles. The van der Waals surface area contributed by atoms with E-state index < -0.39 is 0 Å². The first-order valence-corrected chi connectivity index (χ1v) is 9.46. The van der Waals surface area contributed by atoms with Gasteiger partial charge in [0, 0.05) is 12.5 Å². The number of carbonyl (C=O) groups excluding carboxylic acids is 1. The molecule has 0 bridgehead atoms. The minimum Gasteiger partial charge on any atom is -0.352 e. The second kappa shape index (κ2) is 7.82. The smallest absolute Gasteiger partial charge is 0.240 e. The Balaban J connectivity index is 1.69. The van der Waals surface area contributed by atoms with Crippen LogP contribution < -0.4 is 5.32 Å². The summed E-state index contributed by atoms with van der Waals surface area (Å²) < 4.78 is 2.07. The molecule has 0 radical (unpaired) electrons. The van der Waals surface area contributed by atoms with Crippen LogP contribution in [0.1, 0.15) is 58.2 Å². The number of hydrogen-bond acceptors (Lipinski definition) is 2. The Labute approximate surface area is 144 Å². The van der Waals surface area contributed by atoms with Crippen molar-refractivity contribution in [2.75, 3.05) is 0 Å². The average molecular weight is 327 g/mol. The topological polar surface area (TPSA) is 46.9 Å². The molecule has 1 N–H and O–H groups in total. The summed E-state index contributed by atoms with van der Waals surface area (Å²) >= 11 is 0. The summed E-state index contributed by atoms with van der Waals surface area (Å²) in [7, 11) is 0. The van der Waals surface area contributed by atoms with Gasteiger partial charge in [-0.1, -0.05) is 45.2 Å². The third kappa shape index (κ3) is 3.63. The first-order valence-electron chi connectivity index (χ1n) is 9.46. The van der Waals surface area contributed by atoms with Gasteiger partial charge in [-0.2, -0.15) is 0 Å². The number of rotatable bonds is 7. The zero-order valence-electron chi connectivity index (χ0n) is 14.9. The second-order valence-electron chi connectivity index (χ2n) is 6.96. The van der Waals surface area contributed by atoms with E-state index in [1.54, 1.807) is 0 Å². The van der Waals surface area contributed by atoms with Crippen molar-refractivity contribution in [1.29, 1.82) is 0 Å². The first-order chi connectivity index (χ1) is 11.7. The van der Waals surface area contributed by atoms with E-state index in [2.05, 4.69) is 28.7 Å². The van der Waals surface area contributed by atoms with Gasteiger partial charge < -0.3 is 9.88 Å². The van der Waals surface area contributed by atoms with Gasteiger partial charge in [0.2, 0.25) is 5.91 Å². The highest BCUT2D eigenvalue weighted by Crippen LogP contribution is 2.30. The summed E-state index contributed by atoms with van der Waals surface area (Å²) in [6.07, 6.45) is 8.22. The third-order valence-electron chi connectivity index (χ3n) is 5.29. The van der Waals surface area contributed by atoms with E-state index in [1.807, 2.05) is 24.3 Å². The van der Waals surface area contributed by atoms with Crippen LogP contribution in [-0.2, 0) is 17.8 Å². The number of para-hydroxylation sites is 2. The monoisotopic (exact) mass is 327 g/mol. The normalized spacial score (nSPS) is 20.6. The maximum absolute atomic E-state index is 12.6. The molecule has 1 aromatic heterocycles. The lowest BCUT2D eigenvalue weighted by molar-refractivity contribution is -0.122. The van der Waals surface area contributed by atoms with Gasteiger partial charge in [-0.15, -0.1) is 0 Å². The molecule has 2 atom stereocenters. The number of unbranched alkanes of at least 4 members (excludes halogenated alkanes) is 1. The molecule has 1 aliphatic rings. The quantitative estimate of drug-likeness (QED) is 0.833. The fourth-order valence-electron chi connectivity index (χ4n) is 4.01. The van der Waals surface area contributed by atoms with Crippen molar-refractivity contribution in [2.24, 2.45) is 5.92 Å². The van der Waals surface area contributed by atoms with Crippen molar-refractivity contribution in [2.45, 2.75) is 71.4 Å². The van der Waals surface area contributed by atoms with Gasteiger partial charge in [0.05, 0.1) is 11.0 Å². The van der Waals surface area contributed by atoms with Crippen molar-refractivity contribution in [3.8, 4) is 0 Å². The number of fused-ring (bicyclic) bond motifs is 1. The third-order valence-corrected chi connectivity index (χ3v) is 5.29. The Hall–Kier alpha value is -1.84. The summed E-state index contributed by atoms with van der Waals surface area (Å²) in [6.45, 7) is 4.70.